The second-order valence-corrected chi connectivity index (χ2v) is 3.20. The predicted octanol–water partition coefficient (Wildman–Crippen LogP) is -3.29. The minimum absolute atomic E-state index is 0. The van der Waals surface area contributed by atoms with Gasteiger partial charge in [0.1, 0.15) is 0 Å². The molecular formula is C10H28CaN2Na2O7. The van der Waals surface area contributed by atoms with E-state index < -0.39 is 24.0 Å². The van der Waals surface area contributed by atoms with E-state index in [1.807, 2.05) is 0 Å². The summed E-state index contributed by atoms with van der Waals surface area (Å²) in [6.07, 6.45) is -0.481. The van der Waals surface area contributed by atoms with Gasteiger partial charge in [0.05, 0.1) is 6.10 Å². The van der Waals surface area contributed by atoms with Gasteiger partial charge in [-0.3, -0.25) is 14.4 Å². The van der Waals surface area contributed by atoms with Gasteiger partial charge >= 0.3 is 96.9 Å². The summed E-state index contributed by atoms with van der Waals surface area (Å²) in [4.78, 5) is 27.0. The molecule has 0 aliphatic heterocycles. The average molecular weight is 374 g/mol. The fourth-order valence-corrected chi connectivity index (χ4v) is 0.197. The molecule has 0 radical (unpaired) electrons. The van der Waals surface area contributed by atoms with Crippen LogP contribution in [0.4, 0.5) is 0 Å². The Balaban J connectivity index is -0.0000000270. The van der Waals surface area contributed by atoms with Crippen LogP contribution in [0, 0.1) is 0 Å². The Kier molecular flexibility index (Phi) is 67.6. The monoisotopic (exact) mass is 374 g/mol. The van der Waals surface area contributed by atoms with E-state index in [0.717, 1.165) is 20.8 Å². The van der Waals surface area contributed by atoms with Crippen LogP contribution in [0.1, 0.15) is 27.7 Å². The molecule has 0 rings (SSSR count). The van der Waals surface area contributed by atoms with Gasteiger partial charge in [0, 0.05) is 33.4 Å². The molecule has 22 heavy (non-hydrogen) atoms. The van der Waals surface area contributed by atoms with E-state index >= 15 is 0 Å². The van der Waals surface area contributed by atoms with Crippen LogP contribution >= 0.6 is 0 Å². The van der Waals surface area contributed by atoms with E-state index in [0.29, 0.717) is 6.54 Å². The molecule has 0 saturated carbocycles. The maximum absolute atomic E-state index is 9.00. The van der Waals surface area contributed by atoms with Crippen LogP contribution in [-0.4, -0.2) is 154 Å². The number of carboxylic acids is 3. The number of hydrogen-bond donors (Lipinski definition) is 6. The second kappa shape index (κ2) is 34.0. The second-order valence-electron chi connectivity index (χ2n) is 3.20. The van der Waals surface area contributed by atoms with Gasteiger partial charge in [-0.15, -0.1) is 0 Å². The minimum atomic E-state index is -0.833. The van der Waals surface area contributed by atoms with E-state index in [2.05, 4.69) is 0 Å². The Hall–Kier alpha value is 1.55. The van der Waals surface area contributed by atoms with Crippen LogP contribution in [0.5, 0.6) is 0 Å². The van der Waals surface area contributed by atoms with Gasteiger partial charge in [-0.25, -0.2) is 0 Å². The van der Waals surface area contributed by atoms with Gasteiger partial charge in [-0.05, 0) is 6.92 Å². The van der Waals surface area contributed by atoms with Crippen molar-refractivity contribution in [2.24, 2.45) is 11.5 Å². The van der Waals surface area contributed by atoms with Crippen LogP contribution in [0.15, 0.2) is 0 Å². The topological polar surface area (TPSA) is 184 Å². The van der Waals surface area contributed by atoms with Crippen molar-refractivity contribution in [3.63, 3.8) is 0 Å². The Morgan fingerprint density at radius 1 is 0.909 bits per heavy atom. The van der Waals surface area contributed by atoms with Gasteiger partial charge in [-0.1, -0.05) is 0 Å². The summed E-state index contributed by atoms with van der Waals surface area (Å²) in [6.45, 7) is 5.22. The number of nitrogens with two attached hydrogens (primary N) is 2. The summed E-state index contributed by atoms with van der Waals surface area (Å²) < 4.78 is 0. The van der Waals surface area contributed by atoms with Crippen LogP contribution < -0.4 is 11.5 Å². The van der Waals surface area contributed by atoms with Crippen LogP contribution in [0.25, 0.3) is 0 Å². The molecule has 2 atom stereocenters. The van der Waals surface area contributed by atoms with Crippen LogP contribution in [-0.2, 0) is 14.4 Å². The quantitative estimate of drug-likeness (QED) is 0.270. The molecule has 0 aromatic rings. The first-order chi connectivity index (χ1) is 8.38. The van der Waals surface area contributed by atoms with Crippen molar-refractivity contribution < 1.29 is 34.8 Å². The zero-order chi connectivity index (χ0) is 16.6. The molecule has 0 fully saturated rings. The normalized spacial score (nSPS) is 9.41. The Morgan fingerprint density at radius 3 is 1.05 bits per heavy atom. The van der Waals surface area contributed by atoms with Crippen molar-refractivity contribution >= 4 is 115 Å². The molecule has 0 aromatic carbocycles. The summed E-state index contributed by atoms with van der Waals surface area (Å²) in [5.74, 6) is -2.50. The first-order valence-corrected chi connectivity index (χ1v) is 5.10. The summed E-state index contributed by atoms with van der Waals surface area (Å²) in [5.41, 5.74) is 10.3. The maximum atomic E-state index is 9.00. The van der Waals surface area contributed by atoms with Crippen molar-refractivity contribution in [2.45, 2.75) is 39.8 Å². The van der Waals surface area contributed by atoms with Gasteiger partial charge in [-0.2, -0.15) is 0 Å². The number of aliphatic carboxylic acids is 3. The molecule has 0 bridgehead atoms. The molecule has 0 saturated heterocycles. The molecule has 2 unspecified atom stereocenters. The number of hydrogen-bond acceptors (Lipinski definition) is 6. The molecule has 0 amide bonds. The van der Waals surface area contributed by atoms with Crippen molar-refractivity contribution in [1.29, 1.82) is 0 Å². The standard InChI is InChI=1S/C4H12N2O.3C2H4O2.Ca.2Na.4H/c1-3(7)4(6)2-5;3*1-2(3)4;;;;;;;/h3-4,7H,2,5-6H2,1H3;3*1H3,(H,3,4);;;;;;;. The van der Waals surface area contributed by atoms with Crippen LogP contribution in [0.2, 0.25) is 0 Å². The number of aliphatic hydroxyl groups excluding tert-OH is 1. The fourth-order valence-electron chi connectivity index (χ4n) is 0.197. The molecule has 0 aliphatic rings. The third-order valence-electron chi connectivity index (χ3n) is 0.892. The van der Waals surface area contributed by atoms with Crippen molar-refractivity contribution in [1.82, 2.24) is 0 Å². The molecule has 0 aromatic heterocycles. The summed E-state index contributed by atoms with van der Waals surface area (Å²) in [5, 5.41) is 30.9. The molecule has 12 heteroatoms. The first-order valence-electron chi connectivity index (χ1n) is 5.10. The number of carboxylic acid groups (broad SMARTS) is 3. The van der Waals surface area contributed by atoms with E-state index in [9.17, 15) is 0 Å². The Labute approximate surface area is 204 Å². The molecule has 8 N–H and O–H groups in total. The Morgan fingerprint density at radius 2 is 1.05 bits per heavy atom. The molecule has 124 valence electrons. The van der Waals surface area contributed by atoms with E-state index in [1.54, 1.807) is 6.92 Å². The molecule has 0 heterocycles. The van der Waals surface area contributed by atoms with E-state index in [1.165, 1.54) is 0 Å². The molecule has 0 aliphatic carbocycles. The third-order valence-corrected chi connectivity index (χ3v) is 0.892. The third kappa shape index (κ3) is 160. The number of carbonyl (C=O) groups is 3. The fraction of sp³-hybridized carbons (Fsp3) is 0.700. The van der Waals surface area contributed by atoms with Gasteiger partial charge < -0.3 is 31.9 Å². The summed E-state index contributed by atoms with van der Waals surface area (Å²) in [7, 11) is 0. The first kappa shape index (κ1) is 43.7. The number of aliphatic hydroxyl groups is 1. The molecule has 9 nitrogen and oxygen atoms in total. The zero-order valence-electron chi connectivity index (χ0n) is 11.5. The van der Waals surface area contributed by atoms with Crippen molar-refractivity contribution in [3.05, 3.63) is 0 Å². The van der Waals surface area contributed by atoms with Crippen molar-refractivity contribution in [2.75, 3.05) is 6.54 Å². The van der Waals surface area contributed by atoms with Crippen LogP contribution in [0.3, 0.4) is 0 Å². The Bertz CT molecular complexity index is 219. The van der Waals surface area contributed by atoms with Gasteiger partial charge in [0.2, 0.25) is 0 Å². The van der Waals surface area contributed by atoms with E-state index in [4.69, 9.17) is 46.3 Å². The van der Waals surface area contributed by atoms with E-state index in [-0.39, 0.29) is 103 Å². The van der Waals surface area contributed by atoms with Crippen molar-refractivity contribution in [3.8, 4) is 0 Å². The molecular weight excluding hydrogens is 346 g/mol. The van der Waals surface area contributed by atoms with Gasteiger partial charge in [0.15, 0.2) is 0 Å². The zero-order valence-corrected chi connectivity index (χ0v) is 11.5. The summed E-state index contributed by atoms with van der Waals surface area (Å²) in [6, 6.07) is -0.264. The SMILES string of the molecule is CC(=O)O.CC(=O)O.CC(=O)O.CC(O)C(N)CN.[CaH2].[NaH].[NaH]. The van der Waals surface area contributed by atoms with Gasteiger partial charge in [0.25, 0.3) is 17.9 Å². The number of rotatable bonds is 2. The average Bonchev–Trinajstić information content (AvgIpc) is 2.13. The predicted molar refractivity (Wildman–Crippen MR) is 91.5 cm³/mol. The summed E-state index contributed by atoms with van der Waals surface area (Å²) >= 11 is 0. The molecule has 0 spiro atoms.